The van der Waals surface area contributed by atoms with Crippen LogP contribution in [0.4, 0.5) is 0 Å². The first-order valence-corrected chi connectivity index (χ1v) is 4.42. The largest absolute Gasteiger partial charge is 0.0651 e. The van der Waals surface area contributed by atoms with Gasteiger partial charge in [0.15, 0.2) is 0 Å². The lowest BCUT2D eigenvalue weighted by molar-refractivity contribution is 0.393. The van der Waals surface area contributed by atoms with Crippen LogP contribution in [0.3, 0.4) is 0 Å². The van der Waals surface area contributed by atoms with E-state index in [1.807, 2.05) is 0 Å². The van der Waals surface area contributed by atoms with Crippen molar-refractivity contribution in [3.05, 3.63) is 0 Å². The molecule has 0 saturated heterocycles. The zero-order chi connectivity index (χ0) is 6.27. The van der Waals surface area contributed by atoms with E-state index in [0.29, 0.717) is 0 Å². The maximum atomic E-state index is 2.36. The summed E-state index contributed by atoms with van der Waals surface area (Å²) in [5, 5.41) is 0. The molecular weight excluding hydrogens is 108 g/mol. The van der Waals surface area contributed by atoms with Crippen LogP contribution in [0.25, 0.3) is 0 Å². The van der Waals surface area contributed by atoms with E-state index < -0.39 is 0 Å². The van der Waals surface area contributed by atoms with Crippen LogP contribution in [-0.2, 0) is 0 Å². The van der Waals surface area contributed by atoms with Crippen LogP contribution < -0.4 is 0 Å². The highest BCUT2D eigenvalue weighted by Gasteiger charge is 2.39. The minimum Gasteiger partial charge on any atom is -0.0651 e. The van der Waals surface area contributed by atoms with Gasteiger partial charge < -0.3 is 0 Å². The van der Waals surface area contributed by atoms with Gasteiger partial charge in [0.2, 0.25) is 0 Å². The van der Waals surface area contributed by atoms with Gasteiger partial charge in [-0.05, 0) is 43.4 Å². The second-order valence-electron chi connectivity index (χ2n) is 3.75. The van der Waals surface area contributed by atoms with Gasteiger partial charge in [-0.2, -0.15) is 0 Å². The zero-order valence-corrected chi connectivity index (χ0v) is 6.27. The summed E-state index contributed by atoms with van der Waals surface area (Å²) in [6.07, 6.45) is 7.66. The van der Waals surface area contributed by atoms with Gasteiger partial charge in [0, 0.05) is 0 Å². The summed E-state index contributed by atoms with van der Waals surface area (Å²) in [6.45, 7) is 2.36. The molecule has 0 aromatic rings. The molecule has 2 rings (SSSR count). The Kier molecular flexibility index (Phi) is 1.28. The molecule has 9 heavy (non-hydrogen) atoms. The lowest BCUT2D eigenvalue weighted by atomic mass is 9.95. The summed E-state index contributed by atoms with van der Waals surface area (Å²) in [6, 6.07) is 0. The molecule has 0 bridgehead atoms. The fourth-order valence-corrected chi connectivity index (χ4v) is 2.10. The molecule has 0 spiro atoms. The molecule has 0 atom stereocenters. The molecule has 0 amide bonds. The normalized spacial score (nSPS) is 27.3. The Morgan fingerprint density at radius 3 is 1.78 bits per heavy atom. The van der Waals surface area contributed by atoms with Crippen molar-refractivity contribution in [3.8, 4) is 0 Å². The highest BCUT2D eigenvalue weighted by molar-refractivity contribution is 4.90. The van der Waals surface area contributed by atoms with Crippen molar-refractivity contribution in [2.75, 3.05) is 0 Å². The predicted octanol–water partition coefficient (Wildman–Crippen LogP) is 2.83. The first-order chi connectivity index (χ1) is 4.42. The Morgan fingerprint density at radius 2 is 1.56 bits per heavy atom. The van der Waals surface area contributed by atoms with Crippen molar-refractivity contribution >= 4 is 0 Å². The SMILES string of the molecule is CCC(C1CC1)C1CC1. The van der Waals surface area contributed by atoms with Crippen LogP contribution in [0.15, 0.2) is 0 Å². The topological polar surface area (TPSA) is 0 Å². The molecule has 0 heteroatoms. The molecular formula is C9H16. The lowest BCUT2D eigenvalue weighted by Gasteiger charge is -2.10. The van der Waals surface area contributed by atoms with Crippen molar-refractivity contribution in [2.24, 2.45) is 17.8 Å². The third-order valence-corrected chi connectivity index (χ3v) is 2.93. The Labute approximate surface area is 57.6 Å². The first-order valence-electron chi connectivity index (χ1n) is 4.42. The Hall–Kier alpha value is 0. The second-order valence-corrected chi connectivity index (χ2v) is 3.75. The molecule has 2 saturated carbocycles. The molecule has 52 valence electrons. The van der Waals surface area contributed by atoms with Crippen molar-refractivity contribution in [3.63, 3.8) is 0 Å². The molecule has 0 N–H and O–H groups in total. The molecule has 0 unspecified atom stereocenters. The zero-order valence-electron chi connectivity index (χ0n) is 6.27. The molecule has 0 heterocycles. The van der Waals surface area contributed by atoms with E-state index in [0.717, 1.165) is 5.92 Å². The molecule has 2 aliphatic carbocycles. The van der Waals surface area contributed by atoms with Crippen molar-refractivity contribution in [2.45, 2.75) is 39.0 Å². The highest BCUT2D eigenvalue weighted by atomic mass is 14.4. The van der Waals surface area contributed by atoms with E-state index in [2.05, 4.69) is 6.92 Å². The quantitative estimate of drug-likeness (QED) is 0.542. The molecule has 2 aliphatic rings. The first kappa shape index (κ1) is 5.76. The summed E-state index contributed by atoms with van der Waals surface area (Å²) in [5.74, 6) is 3.48. The van der Waals surface area contributed by atoms with Crippen LogP contribution >= 0.6 is 0 Å². The van der Waals surface area contributed by atoms with Crippen LogP contribution in [0, 0.1) is 17.8 Å². The molecule has 0 radical (unpaired) electrons. The van der Waals surface area contributed by atoms with Crippen LogP contribution in [0.1, 0.15) is 39.0 Å². The third-order valence-electron chi connectivity index (χ3n) is 2.93. The Balaban J connectivity index is 1.85. The molecule has 0 aromatic heterocycles. The Bertz CT molecular complexity index is 86.6. The maximum Gasteiger partial charge on any atom is -0.0360 e. The average molecular weight is 124 g/mol. The number of hydrogen-bond donors (Lipinski definition) is 0. The minimum atomic E-state index is 1.14. The fraction of sp³-hybridized carbons (Fsp3) is 1.00. The van der Waals surface area contributed by atoms with Gasteiger partial charge in [0.1, 0.15) is 0 Å². The monoisotopic (exact) mass is 124 g/mol. The van der Waals surface area contributed by atoms with Crippen LogP contribution in [-0.4, -0.2) is 0 Å². The van der Waals surface area contributed by atoms with Crippen LogP contribution in [0.2, 0.25) is 0 Å². The summed E-state index contributed by atoms with van der Waals surface area (Å²) in [4.78, 5) is 0. The van der Waals surface area contributed by atoms with E-state index in [9.17, 15) is 0 Å². The average Bonchev–Trinajstić information content (AvgIpc) is 2.61. The summed E-state index contributed by atoms with van der Waals surface area (Å²) < 4.78 is 0. The van der Waals surface area contributed by atoms with Gasteiger partial charge in [0.25, 0.3) is 0 Å². The number of hydrogen-bond acceptors (Lipinski definition) is 0. The highest BCUT2D eigenvalue weighted by Crippen LogP contribution is 2.50. The second kappa shape index (κ2) is 2.00. The van der Waals surface area contributed by atoms with Gasteiger partial charge in [-0.25, -0.2) is 0 Å². The van der Waals surface area contributed by atoms with Gasteiger partial charge in [-0.3, -0.25) is 0 Å². The summed E-state index contributed by atoms with van der Waals surface area (Å²) in [5.41, 5.74) is 0. The third kappa shape index (κ3) is 1.12. The van der Waals surface area contributed by atoms with Crippen LogP contribution in [0.5, 0.6) is 0 Å². The van der Waals surface area contributed by atoms with E-state index in [1.165, 1.54) is 18.3 Å². The van der Waals surface area contributed by atoms with Gasteiger partial charge >= 0.3 is 0 Å². The number of rotatable bonds is 3. The van der Waals surface area contributed by atoms with Gasteiger partial charge in [-0.1, -0.05) is 13.3 Å². The van der Waals surface area contributed by atoms with Crippen molar-refractivity contribution < 1.29 is 0 Å². The smallest absolute Gasteiger partial charge is 0.0360 e. The predicted molar refractivity (Wildman–Crippen MR) is 39.2 cm³/mol. The maximum absolute atomic E-state index is 2.36. The summed E-state index contributed by atoms with van der Waals surface area (Å²) >= 11 is 0. The summed E-state index contributed by atoms with van der Waals surface area (Å²) in [7, 11) is 0. The van der Waals surface area contributed by atoms with Gasteiger partial charge in [-0.15, -0.1) is 0 Å². The van der Waals surface area contributed by atoms with E-state index in [1.54, 1.807) is 25.7 Å². The van der Waals surface area contributed by atoms with E-state index in [4.69, 9.17) is 0 Å². The Morgan fingerprint density at radius 1 is 1.11 bits per heavy atom. The standard InChI is InChI=1S/C9H16/c1-2-9(7-3-4-7)8-5-6-8/h7-9H,2-6H2,1H3. The molecule has 2 fully saturated rings. The van der Waals surface area contributed by atoms with E-state index >= 15 is 0 Å². The lowest BCUT2D eigenvalue weighted by Crippen LogP contribution is -2.02. The molecule has 0 aromatic carbocycles. The van der Waals surface area contributed by atoms with Crippen molar-refractivity contribution in [1.29, 1.82) is 0 Å². The van der Waals surface area contributed by atoms with Crippen molar-refractivity contribution in [1.82, 2.24) is 0 Å². The molecule has 0 nitrogen and oxygen atoms in total. The van der Waals surface area contributed by atoms with E-state index in [-0.39, 0.29) is 0 Å². The fourth-order valence-electron chi connectivity index (χ4n) is 2.10. The minimum absolute atomic E-state index is 1.14. The molecule has 0 aliphatic heterocycles. The van der Waals surface area contributed by atoms with Gasteiger partial charge in [0.05, 0.1) is 0 Å².